The molecule has 14 rings (SSSR count). The van der Waals surface area contributed by atoms with E-state index in [1.807, 2.05) is 24.3 Å². The van der Waals surface area contributed by atoms with Crippen LogP contribution in [-0.4, -0.2) is 10.9 Å². The van der Waals surface area contributed by atoms with Gasteiger partial charge in [0.15, 0.2) is 0 Å². The van der Waals surface area contributed by atoms with Crippen molar-refractivity contribution in [3.8, 4) is 22.3 Å². The molecule has 0 saturated heterocycles. The van der Waals surface area contributed by atoms with Crippen molar-refractivity contribution in [2.75, 3.05) is 0 Å². The van der Waals surface area contributed by atoms with E-state index in [2.05, 4.69) is 364 Å². The first-order chi connectivity index (χ1) is 44.9. The van der Waals surface area contributed by atoms with Crippen LogP contribution in [-0.2, 0) is 68.3 Å². The molecule has 0 aromatic heterocycles. The molecule has 0 fully saturated rings. The van der Waals surface area contributed by atoms with E-state index in [4.69, 9.17) is 0 Å². The molecule has 0 aliphatic heterocycles. The van der Waals surface area contributed by atoms with Gasteiger partial charge in [-0.25, -0.2) is 24.3 Å². The van der Waals surface area contributed by atoms with Crippen LogP contribution in [0.25, 0.3) is 65.3 Å². The number of halogens is 4. The van der Waals surface area contributed by atoms with E-state index in [9.17, 15) is 0 Å². The summed E-state index contributed by atoms with van der Waals surface area (Å²) in [7, 11) is 0. The molecule has 2 aliphatic rings. The number of hydrogen-bond acceptors (Lipinski definition) is 0. The van der Waals surface area contributed by atoms with Crippen molar-refractivity contribution in [3.63, 3.8) is 0 Å². The number of fused-ring (bicyclic) bond motifs is 6. The fourth-order valence-electron chi connectivity index (χ4n) is 12.4. The van der Waals surface area contributed by atoms with Crippen molar-refractivity contribution in [1.29, 1.82) is 0 Å². The normalized spacial score (nSPS) is 11.9. The molecule has 0 bridgehead atoms. The summed E-state index contributed by atoms with van der Waals surface area (Å²) < 4.78 is 0. The standard InChI is InChI=1S/C33H33.C23H29.2C12H10Si.2C5H5.4ClH.2Zr/c1-32(2,3)30-20-26-24(18-28(30)22-13-9-7-10-14-22)17-25-19-29(23-15-11-8-12-16-23)31(21-27(25)26)33(4,5)6;1-14-9-16-11-17-10-15(2)21(23(6,7)8)13-19(17)18(16)12-20(14)22(3,4)5;2*1-3-7-11(8-4-1)13-12-9-5-2-6-10-12;2*1-2-4-5-3-1;;;;;;/h7-21H,1-6H3;9-13H,1-8H3;2*1-10H;2*1-3H,4H2;4*1H;;/q2*-1;;;2*-1;;;;;;+2/p-4. The summed E-state index contributed by atoms with van der Waals surface area (Å²) in [6.07, 6.45) is 20.0. The summed E-state index contributed by atoms with van der Waals surface area (Å²) in [4.78, 5) is 0. The third-order valence-electron chi connectivity index (χ3n) is 17.2. The first kappa shape index (κ1) is 82.9. The molecule has 502 valence electrons. The molecule has 0 spiro atoms. The first-order valence-electron chi connectivity index (χ1n) is 33.2. The van der Waals surface area contributed by atoms with Gasteiger partial charge in [0.05, 0.1) is 0 Å². The van der Waals surface area contributed by atoms with Crippen LogP contribution in [0.15, 0.2) is 279 Å². The number of rotatable bonds is 6. The van der Waals surface area contributed by atoms with Gasteiger partial charge in [-0.3, -0.25) is 12.2 Å². The molecular formula is C90H92Cl4Si2Zr2-6. The van der Waals surface area contributed by atoms with E-state index in [0.29, 0.717) is 0 Å². The second-order valence-electron chi connectivity index (χ2n) is 28.7. The number of hydrogen-bond donors (Lipinski definition) is 0. The first-order valence-corrected chi connectivity index (χ1v) is 43.5. The molecule has 0 unspecified atom stereocenters. The molecule has 98 heavy (non-hydrogen) atoms. The molecule has 8 heteroatoms. The molecule has 0 radical (unpaired) electrons. The van der Waals surface area contributed by atoms with Crippen LogP contribution >= 0.6 is 0 Å². The van der Waals surface area contributed by atoms with Gasteiger partial charge in [0.25, 0.3) is 0 Å². The molecule has 2 aliphatic carbocycles. The van der Waals surface area contributed by atoms with E-state index < -0.39 is 10.9 Å². The van der Waals surface area contributed by atoms with Crippen molar-refractivity contribution in [1.82, 2.24) is 0 Å². The van der Waals surface area contributed by atoms with Gasteiger partial charge in [0.1, 0.15) is 0 Å². The summed E-state index contributed by atoms with van der Waals surface area (Å²) in [5, 5.41) is 17.0. The van der Waals surface area contributed by atoms with Crippen molar-refractivity contribution in [2.45, 2.75) is 131 Å². The molecule has 0 amide bonds. The van der Waals surface area contributed by atoms with Gasteiger partial charge in [-0.2, -0.15) is 12.2 Å². The minimum atomic E-state index is -0.455. The summed E-state index contributed by atoms with van der Waals surface area (Å²) >= 11 is 3.29. The predicted octanol–water partition coefficient (Wildman–Crippen LogP) is 9.87. The molecule has 0 N–H and O–H groups in total. The average Bonchev–Trinajstić information content (AvgIpc) is 1.58. The molecule has 0 atom stereocenters. The molecule has 12 aromatic carbocycles. The van der Waals surface area contributed by atoms with Crippen molar-refractivity contribution in [3.05, 3.63) is 325 Å². The monoisotopic (exact) mass is 1550 g/mol. The van der Waals surface area contributed by atoms with Crippen LogP contribution in [0.4, 0.5) is 0 Å². The Labute approximate surface area is 642 Å². The van der Waals surface area contributed by atoms with Gasteiger partial charge in [-0.05, 0) is 68.9 Å². The Bertz CT molecular complexity index is 4250. The second-order valence-corrected chi connectivity index (χ2v) is 39.9. The van der Waals surface area contributed by atoms with Gasteiger partial charge >= 0.3 is 200 Å². The Hall–Kier alpha value is -5.74. The van der Waals surface area contributed by atoms with E-state index in [1.165, 1.54) is 119 Å². The molecule has 12 aromatic rings. The number of allylic oxidation sites excluding steroid dienone is 8. The van der Waals surface area contributed by atoms with Gasteiger partial charge in [-0.15, -0.1) is 92.3 Å². The third-order valence-corrected chi connectivity index (χ3v) is 29.4. The fourth-order valence-corrected chi connectivity index (χ4v) is 20.1. The molecule has 0 nitrogen and oxygen atoms in total. The zero-order valence-electron chi connectivity index (χ0n) is 59.5. The van der Waals surface area contributed by atoms with E-state index in [0.717, 1.165) is 12.8 Å². The third kappa shape index (κ3) is 22.1. The van der Waals surface area contributed by atoms with Crippen molar-refractivity contribution in [2.24, 2.45) is 0 Å². The predicted molar refractivity (Wildman–Crippen MR) is 408 cm³/mol. The van der Waals surface area contributed by atoms with E-state index in [-0.39, 0.29) is 71.3 Å². The number of aryl methyl sites for hydroxylation is 2. The van der Waals surface area contributed by atoms with Gasteiger partial charge in [0.2, 0.25) is 0 Å². The Morgan fingerprint density at radius 1 is 0.347 bits per heavy atom. The molecule has 0 saturated carbocycles. The summed E-state index contributed by atoms with van der Waals surface area (Å²) in [6.45, 7) is 32.2. The SMILES string of the molecule is CC(C)(C)c1cc2c(cc1-c1ccccc1)[cH-]c1cc(-c3ccccc3)c(C(C)(C)C)cc12.Cc1cc2[cH-]c3cc(C)c(C(C)(C)C)cc3c2cc1C(C)(C)C.[C-]1=CC=CC1.[C-]1=CC=CC1.[Cl-].[Cl-].[Cl-].[Cl-].[Zr+2]=[Si](c1ccccc1)c1ccccc1.[Zr]=[Si](c1ccccc1)c1ccccc1. The summed E-state index contributed by atoms with van der Waals surface area (Å²) in [5.74, 6) is 0. The van der Waals surface area contributed by atoms with Gasteiger partial charge < -0.3 is 49.6 Å². The van der Waals surface area contributed by atoms with Crippen LogP contribution in [0.5, 0.6) is 0 Å². The van der Waals surface area contributed by atoms with Crippen LogP contribution < -0.4 is 70.4 Å². The van der Waals surface area contributed by atoms with Crippen molar-refractivity contribution < 1.29 is 96.3 Å². The van der Waals surface area contributed by atoms with Crippen LogP contribution in [0.1, 0.15) is 129 Å². The quantitative estimate of drug-likeness (QED) is 0.115. The maximum absolute atomic E-state index is 2.99. The van der Waals surface area contributed by atoms with E-state index in [1.54, 1.807) is 46.7 Å². The zero-order chi connectivity index (χ0) is 67.2. The van der Waals surface area contributed by atoms with Crippen LogP contribution in [0, 0.1) is 26.0 Å². The van der Waals surface area contributed by atoms with E-state index >= 15 is 0 Å². The molecular weight excluding hydrogens is 1460 g/mol. The zero-order valence-corrected chi connectivity index (χ0v) is 69.4. The molecule has 0 heterocycles. The fraction of sp³-hybridized carbons (Fsp3) is 0.222. The van der Waals surface area contributed by atoms with Crippen LogP contribution in [0.2, 0.25) is 0 Å². The second kappa shape index (κ2) is 37.8. The summed E-state index contributed by atoms with van der Waals surface area (Å²) in [6, 6.07) is 89.0. The Morgan fingerprint density at radius 2 is 0.602 bits per heavy atom. The Balaban J connectivity index is 0.000000232. The maximum atomic E-state index is 2.99. The average molecular weight is 1550 g/mol. The Kier molecular flexibility index (Phi) is 32.0. The topological polar surface area (TPSA) is 0 Å². The Morgan fingerprint density at radius 3 is 0.847 bits per heavy atom. The van der Waals surface area contributed by atoms with Crippen LogP contribution in [0.3, 0.4) is 0 Å². The number of benzene rings is 10. The summed E-state index contributed by atoms with van der Waals surface area (Å²) in [5.41, 5.74) is 13.3. The minimum absolute atomic E-state index is 0. The van der Waals surface area contributed by atoms with Crippen molar-refractivity contribution >= 4 is 74.7 Å². The van der Waals surface area contributed by atoms with Gasteiger partial charge in [0, 0.05) is 0 Å². The van der Waals surface area contributed by atoms with Gasteiger partial charge in [-0.1, -0.05) is 190 Å².